The summed E-state index contributed by atoms with van der Waals surface area (Å²) in [5.74, 6) is 1.29. The van der Waals surface area contributed by atoms with Crippen LogP contribution in [0.15, 0.2) is 24.3 Å². The van der Waals surface area contributed by atoms with E-state index >= 15 is 0 Å². The first-order valence-electron chi connectivity index (χ1n) is 7.39. The van der Waals surface area contributed by atoms with E-state index < -0.39 is 0 Å². The van der Waals surface area contributed by atoms with Crippen LogP contribution in [0.4, 0.5) is 0 Å². The third-order valence-electron chi connectivity index (χ3n) is 4.04. The van der Waals surface area contributed by atoms with E-state index in [1.54, 1.807) is 0 Å². The van der Waals surface area contributed by atoms with Gasteiger partial charge in [0.1, 0.15) is 0 Å². The highest BCUT2D eigenvalue weighted by Gasteiger charge is 2.24. The second kappa shape index (κ2) is 8.48. The van der Waals surface area contributed by atoms with Gasteiger partial charge in [-0.05, 0) is 38.6 Å². The van der Waals surface area contributed by atoms with E-state index in [-0.39, 0.29) is 11.8 Å². The van der Waals surface area contributed by atoms with Crippen molar-refractivity contribution in [2.24, 2.45) is 0 Å². The fourth-order valence-corrected chi connectivity index (χ4v) is 3.22. The molecule has 0 saturated carbocycles. The standard InChI is InChI=1S/C17H27NOS/c1-6-14-8-10-15(11-9-14)17(19)13(3)18(4)16(7-2)12-20-5/h8-11,13,16H,6-7,12H2,1-5H3. The Morgan fingerprint density at radius 3 is 2.30 bits per heavy atom. The molecule has 0 fully saturated rings. The number of carbonyl (C=O) groups excluding carboxylic acids is 1. The summed E-state index contributed by atoms with van der Waals surface area (Å²) in [6.45, 7) is 6.32. The molecule has 112 valence electrons. The molecule has 1 aromatic rings. The van der Waals surface area contributed by atoms with Crippen LogP contribution in [-0.2, 0) is 6.42 Å². The summed E-state index contributed by atoms with van der Waals surface area (Å²) < 4.78 is 0. The first-order chi connectivity index (χ1) is 9.54. The molecule has 0 spiro atoms. The van der Waals surface area contributed by atoms with Crippen LogP contribution in [0.3, 0.4) is 0 Å². The molecule has 0 bridgehead atoms. The number of hydrogen-bond donors (Lipinski definition) is 0. The SMILES string of the molecule is CCc1ccc(C(=O)C(C)N(C)C(CC)CSC)cc1. The van der Waals surface area contributed by atoms with Gasteiger partial charge in [0.05, 0.1) is 6.04 Å². The normalized spacial score (nSPS) is 14.3. The Balaban J connectivity index is 2.78. The first-order valence-corrected chi connectivity index (χ1v) is 8.78. The van der Waals surface area contributed by atoms with Crippen LogP contribution in [-0.4, -0.2) is 41.8 Å². The average Bonchev–Trinajstić information content (AvgIpc) is 2.50. The molecule has 0 aliphatic heterocycles. The van der Waals surface area contributed by atoms with Crippen LogP contribution < -0.4 is 0 Å². The van der Waals surface area contributed by atoms with Crippen molar-refractivity contribution in [1.29, 1.82) is 0 Å². The van der Waals surface area contributed by atoms with Gasteiger partial charge in [-0.25, -0.2) is 0 Å². The number of nitrogens with zero attached hydrogens (tertiary/aromatic N) is 1. The van der Waals surface area contributed by atoms with E-state index in [4.69, 9.17) is 0 Å². The van der Waals surface area contributed by atoms with Gasteiger partial charge >= 0.3 is 0 Å². The van der Waals surface area contributed by atoms with Gasteiger partial charge in [0, 0.05) is 17.4 Å². The first kappa shape index (κ1) is 17.3. The van der Waals surface area contributed by atoms with Crippen molar-refractivity contribution >= 4 is 17.5 Å². The van der Waals surface area contributed by atoms with Crippen molar-refractivity contribution in [3.8, 4) is 0 Å². The lowest BCUT2D eigenvalue weighted by atomic mass is 10.0. The van der Waals surface area contributed by atoms with Crippen molar-refractivity contribution in [1.82, 2.24) is 4.90 Å². The summed E-state index contributed by atoms with van der Waals surface area (Å²) in [5.41, 5.74) is 2.09. The third kappa shape index (κ3) is 4.35. The minimum absolute atomic E-state index is 0.0698. The Bertz CT molecular complexity index is 416. The summed E-state index contributed by atoms with van der Waals surface area (Å²) in [6, 6.07) is 8.42. The molecule has 0 aliphatic carbocycles. The molecular formula is C17H27NOS. The van der Waals surface area contributed by atoms with E-state index in [9.17, 15) is 4.79 Å². The third-order valence-corrected chi connectivity index (χ3v) is 4.76. The molecule has 2 atom stereocenters. The number of Topliss-reactive ketones (excluding diaryl/α,β-unsaturated/α-hetero) is 1. The molecule has 0 heterocycles. The number of ketones is 1. The zero-order valence-corrected chi connectivity index (χ0v) is 14.2. The highest BCUT2D eigenvalue weighted by molar-refractivity contribution is 7.98. The molecule has 0 aromatic heterocycles. The molecule has 0 radical (unpaired) electrons. The van der Waals surface area contributed by atoms with Crippen molar-refractivity contribution < 1.29 is 4.79 Å². The lowest BCUT2D eigenvalue weighted by Gasteiger charge is -2.31. The monoisotopic (exact) mass is 293 g/mol. The molecule has 0 aliphatic rings. The van der Waals surface area contributed by atoms with Gasteiger partial charge in [0.25, 0.3) is 0 Å². The topological polar surface area (TPSA) is 20.3 Å². The number of rotatable bonds is 8. The molecule has 2 nitrogen and oxygen atoms in total. The van der Waals surface area contributed by atoms with Crippen LogP contribution in [0.25, 0.3) is 0 Å². The summed E-state index contributed by atoms with van der Waals surface area (Å²) >= 11 is 1.84. The van der Waals surface area contributed by atoms with Crippen LogP contribution >= 0.6 is 11.8 Å². The molecule has 20 heavy (non-hydrogen) atoms. The van der Waals surface area contributed by atoms with E-state index in [1.807, 2.05) is 30.8 Å². The largest absolute Gasteiger partial charge is 0.293 e. The zero-order chi connectivity index (χ0) is 15.1. The number of aryl methyl sites for hydroxylation is 1. The summed E-state index contributed by atoms with van der Waals surface area (Å²) in [6.07, 6.45) is 4.20. The average molecular weight is 293 g/mol. The smallest absolute Gasteiger partial charge is 0.179 e. The number of hydrogen-bond acceptors (Lipinski definition) is 3. The van der Waals surface area contributed by atoms with Crippen LogP contribution in [0.2, 0.25) is 0 Å². The second-order valence-electron chi connectivity index (χ2n) is 5.27. The maximum Gasteiger partial charge on any atom is 0.179 e. The van der Waals surface area contributed by atoms with Crippen molar-refractivity contribution in [3.05, 3.63) is 35.4 Å². The maximum absolute atomic E-state index is 12.6. The van der Waals surface area contributed by atoms with Gasteiger partial charge in [0.15, 0.2) is 5.78 Å². The van der Waals surface area contributed by atoms with E-state index in [2.05, 4.69) is 44.2 Å². The van der Waals surface area contributed by atoms with Gasteiger partial charge in [0.2, 0.25) is 0 Å². The van der Waals surface area contributed by atoms with Gasteiger partial charge in [-0.3, -0.25) is 9.69 Å². The van der Waals surface area contributed by atoms with Gasteiger partial charge in [-0.1, -0.05) is 38.1 Å². The lowest BCUT2D eigenvalue weighted by Crippen LogP contribution is -2.44. The van der Waals surface area contributed by atoms with Gasteiger partial charge < -0.3 is 0 Å². The Morgan fingerprint density at radius 1 is 1.25 bits per heavy atom. The Kier molecular flexibility index (Phi) is 7.31. The van der Waals surface area contributed by atoms with Gasteiger partial charge in [-0.15, -0.1) is 0 Å². The van der Waals surface area contributed by atoms with Gasteiger partial charge in [-0.2, -0.15) is 11.8 Å². The van der Waals surface area contributed by atoms with Crippen molar-refractivity contribution in [3.63, 3.8) is 0 Å². The molecule has 1 aromatic carbocycles. The minimum Gasteiger partial charge on any atom is -0.293 e. The quantitative estimate of drug-likeness (QED) is 0.678. The molecule has 0 N–H and O–H groups in total. The van der Waals surface area contributed by atoms with Crippen molar-refractivity contribution in [2.75, 3.05) is 19.1 Å². The molecular weight excluding hydrogens is 266 g/mol. The zero-order valence-electron chi connectivity index (χ0n) is 13.3. The Morgan fingerprint density at radius 2 is 1.85 bits per heavy atom. The van der Waals surface area contributed by atoms with Crippen LogP contribution in [0.5, 0.6) is 0 Å². The Labute approximate surface area is 127 Å². The predicted octanol–water partition coefficient (Wildman–Crippen LogP) is 3.89. The highest BCUT2D eigenvalue weighted by Crippen LogP contribution is 2.15. The number of thioether (sulfide) groups is 1. The molecule has 3 heteroatoms. The van der Waals surface area contributed by atoms with Crippen molar-refractivity contribution in [2.45, 2.75) is 45.7 Å². The molecule has 2 unspecified atom stereocenters. The molecule has 1 rings (SSSR count). The number of carbonyl (C=O) groups is 1. The molecule has 0 saturated heterocycles. The van der Waals surface area contributed by atoms with Crippen LogP contribution in [0, 0.1) is 0 Å². The Hall–Kier alpha value is -0.800. The lowest BCUT2D eigenvalue weighted by molar-refractivity contribution is 0.0827. The maximum atomic E-state index is 12.6. The van der Waals surface area contributed by atoms with E-state index in [0.29, 0.717) is 6.04 Å². The number of likely N-dealkylation sites (N-methyl/N-ethyl adjacent to an activating group) is 1. The summed E-state index contributed by atoms with van der Waals surface area (Å²) in [5, 5.41) is 0. The van der Waals surface area contributed by atoms with Crippen LogP contribution in [0.1, 0.15) is 43.1 Å². The summed E-state index contributed by atoms with van der Waals surface area (Å²) in [4.78, 5) is 14.8. The fraction of sp³-hybridized carbons (Fsp3) is 0.588. The molecule has 0 amide bonds. The second-order valence-corrected chi connectivity index (χ2v) is 6.18. The predicted molar refractivity (Wildman–Crippen MR) is 89.8 cm³/mol. The van der Waals surface area contributed by atoms with E-state index in [0.717, 1.165) is 24.2 Å². The fourth-order valence-electron chi connectivity index (χ4n) is 2.36. The highest BCUT2D eigenvalue weighted by atomic mass is 32.2. The number of benzene rings is 1. The van der Waals surface area contributed by atoms with E-state index in [1.165, 1.54) is 5.56 Å². The summed E-state index contributed by atoms with van der Waals surface area (Å²) in [7, 11) is 2.06. The minimum atomic E-state index is -0.0698.